The summed E-state index contributed by atoms with van der Waals surface area (Å²) in [5.41, 5.74) is 5.30. The molecule has 0 saturated carbocycles. The molecule has 0 aliphatic carbocycles. The van der Waals surface area contributed by atoms with Crippen molar-refractivity contribution in [3.05, 3.63) is 0 Å². The predicted molar refractivity (Wildman–Crippen MR) is 61.1 cm³/mol. The van der Waals surface area contributed by atoms with Gasteiger partial charge >= 0.3 is 0 Å². The molecule has 5 nitrogen and oxygen atoms in total. The molecule has 0 bridgehead atoms. The number of hydrogen-bond donors (Lipinski definition) is 1. The monoisotopic (exact) mass is 230 g/mol. The lowest BCUT2D eigenvalue weighted by molar-refractivity contribution is -0.149. The van der Waals surface area contributed by atoms with Crippen LogP contribution in [-0.4, -0.2) is 55.9 Å². The highest BCUT2D eigenvalue weighted by molar-refractivity contribution is 5.78. The van der Waals surface area contributed by atoms with Crippen LogP contribution in [0.5, 0.6) is 0 Å². The van der Waals surface area contributed by atoms with Gasteiger partial charge in [0.1, 0.15) is 6.61 Å². The van der Waals surface area contributed by atoms with Gasteiger partial charge in [-0.15, -0.1) is 0 Å². The van der Waals surface area contributed by atoms with Crippen LogP contribution in [0.3, 0.4) is 0 Å². The molecule has 0 radical (unpaired) electrons. The molecule has 0 aromatic rings. The molecule has 1 amide bonds. The lowest BCUT2D eigenvalue weighted by Gasteiger charge is -2.38. The minimum atomic E-state index is 0.0375. The Balaban J connectivity index is 2.43. The van der Waals surface area contributed by atoms with Crippen molar-refractivity contribution < 1.29 is 14.3 Å². The van der Waals surface area contributed by atoms with Crippen LogP contribution in [0.1, 0.15) is 20.3 Å². The molecule has 0 aromatic heterocycles. The summed E-state index contributed by atoms with van der Waals surface area (Å²) in [7, 11) is 0. The first kappa shape index (κ1) is 13.4. The first-order valence-corrected chi connectivity index (χ1v) is 5.87. The number of amides is 1. The Morgan fingerprint density at radius 1 is 1.62 bits per heavy atom. The molecule has 1 aliphatic heterocycles. The third-order valence-corrected chi connectivity index (χ3v) is 2.75. The Bertz CT molecular complexity index is 223. The van der Waals surface area contributed by atoms with Crippen LogP contribution in [0.2, 0.25) is 0 Å². The lowest BCUT2D eigenvalue weighted by Crippen LogP contribution is -2.52. The molecule has 1 aliphatic rings. The molecule has 5 heteroatoms. The van der Waals surface area contributed by atoms with Crippen LogP contribution in [0.4, 0.5) is 0 Å². The molecule has 2 atom stereocenters. The summed E-state index contributed by atoms with van der Waals surface area (Å²) >= 11 is 0. The van der Waals surface area contributed by atoms with Crippen molar-refractivity contribution in [2.75, 3.05) is 32.9 Å². The van der Waals surface area contributed by atoms with Gasteiger partial charge in [0.05, 0.1) is 25.4 Å². The van der Waals surface area contributed by atoms with Crippen LogP contribution in [0.15, 0.2) is 0 Å². The molecule has 2 unspecified atom stereocenters. The van der Waals surface area contributed by atoms with Crippen molar-refractivity contribution in [1.82, 2.24) is 4.90 Å². The summed E-state index contributed by atoms with van der Waals surface area (Å²) < 4.78 is 10.7. The third kappa shape index (κ3) is 3.73. The van der Waals surface area contributed by atoms with Gasteiger partial charge in [0.2, 0.25) is 5.91 Å². The number of nitrogens with zero attached hydrogens (tertiary/aromatic N) is 1. The molecular formula is C11H22N2O3. The second-order valence-electron chi connectivity index (χ2n) is 4.09. The van der Waals surface area contributed by atoms with Crippen LogP contribution in [0, 0.1) is 0 Å². The molecule has 1 rings (SSSR count). The molecule has 0 aromatic carbocycles. The van der Waals surface area contributed by atoms with E-state index in [1.54, 1.807) is 0 Å². The van der Waals surface area contributed by atoms with Gasteiger partial charge < -0.3 is 20.1 Å². The maximum atomic E-state index is 11.9. The maximum Gasteiger partial charge on any atom is 0.248 e. The second-order valence-corrected chi connectivity index (χ2v) is 4.09. The maximum absolute atomic E-state index is 11.9. The van der Waals surface area contributed by atoms with E-state index < -0.39 is 0 Å². The van der Waals surface area contributed by atoms with Gasteiger partial charge in [0.15, 0.2) is 0 Å². The van der Waals surface area contributed by atoms with Crippen LogP contribution in [0.25, 0.3) is 0 Å². The predicted octanol–water partition coefficient (Wildman–Crippen LogP) is -0.0124. The average molecular weight is 230 g/mol. The molecule has 2 N–H and O–H groups in total. The van der Waals surface area contributed by atoms with E-state index in [2.05, 4.69) is 6.92 Å². The zero-order valence-electron chi connectivity index (χ0n) is 10.1. The van der Waals surface area contributed by atoms with Crippen LogP contribution in [-0.2, 0) is 14.3 Å². The topological polar surface area (TPSA) is 64.8 Å². The first-order chi connectivity index (χ1) is 7.69. The molecular weight excluding hydrogens is 208 g/mol. The Labute approximate surface area is 96.9 Å². The summed E-state index contributed by atoms with van der Waals surface area (Å²) in [5, 5.41) is 0. The van der Waals surface area contributed by atoms with Gasteiger partial charge in [-0.1, -0.05) is 6.92 Å². The number of carbonyl (C=O) groups is 1. The first-order valence-electron chi connectivity index (χ1n) is 5.87. The van der Waals surface area contributed by atoms with E-state index in [0.29, 0.717) is 26.3 Å². The van der Waals surface area contributed by atoms with E-state index in [9.17, 15) is 4.79 Å². The number of rotatable bonds is 5. The van der Waals surface area contributed by atoms with Gasteiger partial charge in [-0.05, 0) is 13.3 Å². The highest BCUT2D eigenvalue weighted by atomic mass is 16.5. The highest BCUT2D eigenvalue weighted by Gasteiger charge is 2.28. The van der Waals surface area contributed by atoms with Crippen molar-refractivity contribution >= 4 is 5.91 Å². The fourth-order valence-electron chi connectivity index (χ4n) is 1.81. The van der Waals surface area contributed by atoms with Gasteiger partial charge in [0, 0.05) is 13.1 Å². The second kappa shape index (κ2) is 6.83. The van der Waals surface area contributed by atoms with Crippen LogP contribution < -0.4 is 5.73 Å². The number of ether oxygens (including phenoxy) is 2. The van der Waals surface area contributed by atoms with E-state index >= 15 is 0 Å². The minimum absolute atomic E-state index is 0.0375. The molecule has 1 fully saturated rings. The van der Waals surface area contributed by atoms with Crippen molar-refractivity contribution in [3.8, 4) is 0 Å². The normalized spacial score (nSPS) is 25.8. The number of carbonyl (C=O) groups excluding carboxylic acids is 1. The fourth-order valence-corrected chi connectivity index (χ4v) is 1.81. The molecule has 1 saturated heterocycles. The van der Waals surface area contributed by atoms with Crippen molar-refractivity contribution in [2.24, 2.45) is 5.73 Å². The highest BCUT2D eigenvalue weighted by Crippen LogP contribution is 2.14. The number of nitrogens with two attached hydrogens (primary N) is 1. The summed E-state index contributed by atoms with van der Waals surface area (Å²) in [4.78, 5) is 13.8. The van der Waals surface area contributed by atoms with Gasteiger partial charge in [-0.25, -0.2) is 0 Å². The SMILES string of the molecule is CCC1COC(C)CN1C(=O)COCCN. The van der Waals surface area contributed by atoms with Gasteiger partial charge in [-0.3, -0.25) is 4.79 Å². The minimum Gasteiger partial charge on any atom is -0.375 e. The third-order valence-electron chi connectivity index (χ3n) is 2.75. The number of hydrogen-bond acceptors (Lipinski definition) is 4. The zero-order chi connectivity index (χ0) is 12.0. The lowest BCUT2D eigenvalue weighted by atomic mass is 10.1. The van der Waals surface area contributed by atoms with Gasteiger partial charge in [0.25, 0.3) is 0 Å². The van der Waals surface area contributed by atoms with Crippen LogP contribution >= 0.6 is 0 Å². The van der Waals surface area contributed by atoms with Crippen molar-refractivity contribution in [1.29, 1.82) is 0 Å². The summed E-state index contributed by atoms with van der Waals surface area (Å²) in [5.74, 6) is 0.0375. The van der Waals surface area contributed by atoms with E-state index in [-0.39, 0.29) is 24.7 Å². The summed E-state index contributed by atoms with van der Waals surface area (Å²) in [6, 6.07) is 0.185. The largest absolute Gasteiger partial charge is 0.375 e. The fraction of sp³-hybridized carbons (Fsp3) is 0.909. The quantitative estimate of drug-likeness (QED) is 0.675. The zero-order valence-corrected chi connectivity index (χ0v) is 10.1. The molecule has 16 heavy (non-hydrogen) atoms. The van der Waals surface area contributed by atoms with E-state index in [0.717, 1.165) is 6.42 Å². The smallest absolute Gasteiger partial charge is 0.248 e. The Kier molecular flexibility index (Phi) is 5.73. The van der Waals surface area contributed by atoms with E-state index in [1.807, 2.05) is 11.8 Å². The van der Waals surface area contributed by atoms with E-state index in [1.165, 1.54) is 0 Å². The summed E-state index contributed by atoms with van der Waals surface area (Å²) in [6.07, 6.45) is 1.02. The molecule has 1 heterocycles. The van der Waals surface area contributed by atoms with E-state index in [4.69, 9.17) is 15.2 Å². The Hall–Kier alpha value is -0.650. The van der Waals surface area contributed by atoms with Crippen molar-refractivity contribution in [2.45, 2.75) is 32.4 Å². The summed E-state index contributed by atoms with van der Waals surface area (Å²) in [6.45, 7) is 6.33. The molecule has 0 spiro atoms. The Morgan fingerprint density at radius 3 is 3.00 bits per heavy atom. The molecule has 94 valence electrons. The average Bonchev–Trinajstić information content (AvgIpc) is 2.29. The van der Waals surface area contributed by atoms with Gasteiger partial charge in [-0.2, -0.15) is 0 Å². The Morgan fingerprint density at radius 2 is 2.38 bits per heavy atom. The van der Waals surface area contributed by atoms with Crippen molar-refractivity contribution in [3.63, 3.8) is 0 Å². The number of morpholine rings is 1. The standard InChI is InChI=1S/C11H22N2O3/c1-3-10-7-16-9(2)6-13(10)11(14)8-15-5-4-12/h9-10H,3-8,12H2,1-2H3.